The van der Waals surface area contributed by atoms with E-state index in [1.54, 1.807) is 41.5 Å². The number of carbonyl (C=O) groups is 1. The summed E-state index contributed by atoms with van der Waals surface area (Å²) in [6.07, 6.45) is 2.14. The lowest BCUT2D eigenvalue weighted by molar-refractivity contribution is 0.0753. The highest BCUT2D eigenvalue weighted by molar-refractivity contribution is 7.10. The Balaban J connectivity index is 1.50. The molecule has 4 rings (SSSR count). The number of fused-ring (bicyclic) bond motifs is 1. The van der Waals surface area contributed by atoms with Crippen molar-refractivity contribution in [2.75, 3.05) is 45.7 Å². The van der Waals surface area contributed by atoms with Crippen LogP contribution in [0.3, 0.4) is 0 Å². The van der Waals surface area contributed by atoms with Gasteiger partial charge in [-0.2, -0.15) is 0 Å². The van der Waals surface area contributed by atoms with E-state index in [1.165, 1.54) is 12.3 Å². The summed E-state index contributed by atoms with van der Waals surface area (Å²) in [6.45, 7) is 2.03. The number of aromatic nitrogens is 1. The van der Waals surface area contributed by atoms with Crippen LogP contribution < -0.4 is 19.7 Å². The Morgan fingerprint density at radius 1 is 1.26 bits per heavy atom. The van der Waals surface area contributed by atoms with E-state index in [4.69, 9.17) is 9.47 Å². The van der Waals surface area contributed by atoms with Crippen LogP contribution in [0.4, 0.5) is 10.1 Å². The molecule has 0 radical (unpaired) electrons. The highest BCUT2D eigenvalue weighted by atomic mass is 32.1. The van der Waals surface area contributed by atoms with Crippen molar-refractivity contribution in [3.63, 3.8) is 0 Å². The maximum absolute atomic E-state index is 15.1. The third-order valence-electron chi connectivity index (χ3n) is 5.88. The largest absolute Gasteiger partial charge is 0.485 e. The van der Waals surface area contributed by atoms with E-state index in [2.05, 4.69) is 10.3 Å². The maximum atomic E-state index is 15.1. The molecule has 9 heteroatoms. The Labute approximate surface area is 203 Å². The smallest absolute Gasteiger partial charge is 0.257 e. The van der Waals surface area contributed by atoms with Crippen LogP contribution in [0.25, 0.3) is 0 Å². The average Bonchev–Trinajstić information content (AvgIpc) is 3.36. The molecule has 1 atom stereocenters. The fourth-order valence-corrected chi connectivity index (χ4v) is 4.73. The Bertz CT molecular complexity index is 1130. The summed E-state index contributed by atoms with van der Waals surface area (Å²) in [6, 6.07) is 10.6. The first-order valence-corrected chi connectivity index (χ1v) is 12.1. The summed E-state index contributed by atoms with van der Waals surface area (Å²) in [5.41, 5.74) is 1.67. The summed E-state index contributed by atoms with van der Waals surface area (Å²) in [7, 11) is 5.35. The molecule has 0 bridgehead atoms. The van der Waals surface area contributed by atoms with Crippen LogP contribution >= 0.6 is 11.3 Å². The molecule has 3 aromatic rings. The fourth-order valence-electron chi connectivity index (χ4n) is 3.94. The third-order valence-corrected chi connectivity index (χ3v) is 6.85. The SMILES string of the molecule is CNCCC(Oc1ccc(CN2CCN(C)c3cc(OC)ncc3C2=O)c(F)c1)c1cccs1. The van der Waals surface area contributed by atoms with Crippen molar-refractivity contribution in [2.24, 2.45) is 0 Å². The van der Waals surface area contributed by atoms with Crippen molar-refractivity contribution in [1.82, 2.24) is 15.2 Å². The van der Waals surface area contributed by atoms with E-state index in [-0.39, 0.29) is 18.6 Å². The van der Waals surface area contributed by atoms with E-state index < -0.39 is 5.82 Å². The number of halogens is 1. The number of methoxy groups -OCH3 is 1. The fraction of sp³-hybridized carbons (Fsp3) is 0.360. The molecule has 7 nitrogen and oxygen atoms in total. The Morgan fingerprint density at radius 3 is 2.82 bits per heavy atom. The molecule has 34 heavy (non-hydrogen) atoms. The molecule has 2 aromatic heterocycles. The predicted octanol–water partition coefficient (Wildman–Crippen LogP) is 4.11. The van der Waals surface area contributed by atoms with Crippen LogP contribution in [0.1, 0.15) is 33.3 Å². The van der Waals surface area contributed by atoms with Crippen molar-refractivity contribution >= 4 is 22.9 Å². The van der Waals surface area contributed by atoms with Gasteiger partial charge in [0.15, 0.2) is 0 Å². The van der Waals surface area contributed by atoms with E-state index in [1.807, 2.05) is 36.5 Å². The molecule has 1 unspecified atom stereocenters. The molecule has 0 saturated heterocycles. The zero-order valence-corrected chi connectivity index (χ0v) is 20.4. The number of likely N-dealkylation sites (N-methyl/N-ethyl adjacent to an activating group) is 1. The second-order valence-corrected chi connectivity index (χ2v) is 9.14. The Hall–Kier alpha value is -3.17. The van der Waals surface area contributed by atoms with Crippen molar-refractivity contribution < 1.29 is 18.7 Å². The molecule has 0 aliphatic carbocycles. The Kier molecular flexibility index (Phi) is 7.64. The second-order valence-electron chi connectivity index (χ2n) is 8.16. The zero-order chi connectivity index (χ0) is 24.1. The first-order valence-electron chi connectivity index (χ1n) is 11.2. The summed E-state index contributed by atoms with van der Waals surface area (Å²) in [5, 5.41) is 5.14. The molecular formula is C25H29FN4O3S. The van der Waals surface area contributed by atoms with Gasteiger partial charge in [-0.3, -0.25) is 4.79 Å². The van der Waals surface area contributed by atoms with Crippen LogP contribution in [0.15, 0.2) is 48.0 Å². The number of hydrogen-bond acceptors (Lipinski definition) is 7. The second kappa shape index (κ2) is 10.8. The molecule has 1 aliphatic rings. The molecule has 1 aromatic carbocycles. The van der Waals surface area contributed by atoms with Crippen molar-refractivity contribution in [3.8, 4) is 11.6 Å². The molecule has 0 saturated carbocycles. The molecule has 1 N–H and O–H groups in total. The average molecular weight is 485 g/mol. The van der Waals surface area contributed by atoms with Gasteiger partial charge in [0.05, 0.1) is 18.4 Å². The van der Waals surface area contributed by atoms with Crippen LogP contribution in [-0.2, 0) is 6.54 Å². The first kappa shape index (κ1) is 24.0. The van der Waals surface area contributed by atoms with Crippen molar-refractivity contribution in [3.05, 3.63) is 69.8 Å². The molecule has 0 fully saturated rings. The maximum Gasteiger partial charge on any atom is 0.257 e. The highest BCUT2D eigenvalue weighted by Crippen LogP contribution is 2.30. The number of pyridine rings is 1. The quantitative estimate of drug-likeness (QED) is 0.493. The lowest BCUT2D eigenvalue weighted by Crippen LogP contribution is -2.33. The van der Waals surface area contributed by atoms with Crippen LogP contribution in [0, 0.1) is 5.82 Å². The van der Waals surface area contributed by atoms with Crippen LogP contribution in [-0.4, -0.2) is 56.6 Å². The topological polar surface area (TPSA) is 66.9 Å². The zero-order valence-electron chi connectivity index (χ0n) is 19.6. The third kappa shape index (κ3) is 5.31. The number of nitrogens with one attached hydrogen (secondary N) is 1. The van der Waals surface area contributed by atoms with Gasteiger partial charge in [0.2, 0.25) is 5.88 Å². The van der Waals surface area contributed by atoms with E-state index >= 15 is 4.39 Å². The predicted molar refractivity (Wildman–Crippen MR) is 131 cm³/mol. The van der Waals surface area contributed by atoms with E-state index in [9.17, 15) is 4.79 Å². The number of thiophene rings is 1. The van der Waals surface area contributed by atoms with Gasteiger partial charge in [-0.05, 0) is 31.1 Å². The van der Waals surface area contributed by atoms with Gasteiger partial charge in [0.1, 0.15) is 17.7 Å². The van der Waals surface area contributed by atoms with Gasteiger partial charge < -0.3 is 24.6 Å². The monoisotopic (exact) mass is 484 g/mol. The van der Waals surface area contributed by atoms with Gasteiger partial charge in [-0.25, -0.2) is 9.37 Å². The lowest BCUT2D eigenvalue weighted by Gasteiger charge is -2.22. The molecule has 1 amide bonds. The van der Waals surface area contributed by atoms with Crippen molar-refractivity contribution in [1.29, 1.82) is 0 Å². The number of hydrogen-bond donors (Lipinski definition) is 1. The summed E-state index contributed by atoms with van der Waals surface area (Å²) >= 11 is 1.62. The van der Waals surface area contributed by atoms with Gasteiger partial charge in [-0.15, -0.1) is 11.3 Å². The minimum Gasteiger partial charge on any atom is -0.485 e. The van der Waals surface area contributed by atoms with Gasteiger partial charge >= 0.3 is 0 Å². The minimum atomic E-state index is -0.394. The highest BCUT2D eigenvalue weighted by Gasteiger charge is 2.27. The summed E-state index contributed by atoms with van der Waals surface area (Å²) in [5.74, 6) is 0.344. The lowest BCUT2D eigenvalue weighted by atomic mass is 10.1. The number of carbonyl (C=O) groups excluding carboxylic acids is 1. The molecule has 0 spiro atoms. The molecule has 3 heterocycles. The Morgan fingerprint density at radius 2 is 2.12 bits per heavy atom. The standard InChI is InChI=1S/C25H29FN4O3S/c1-27-9-8-22(23-5-4-12-34-23)33-18-7-6-17(20(26)13-18)16-30-11-10-29(2)21-14-24(32-3)28-15-19(21)25(30)31/h4-7,12-15,22,27H,8-11,16H2,1-3H3. The van der Waals surface area contributed by atoms with Gasteiger partial charge in [-0.1, -0.05) is 12.1 Å². The number of benzene rings is 1. The molecule has 180 valence electrons. The first-order chi connectivity index (χ1) is 16.5. The number of ether oxygens (including phenoxy) is 2. The summed E-state index contributed by atoms with van der Waals surface area (Å²) in [4.78, 5) is 22.1. The molecular weight excluding hydrogens is 455 g/mol. The normalized spacial score (nSPS) is 14.5. The van der Waals surface area contributed by atoms with E-state index in [0.717, 1.165) is 23.5 Å². The van der Waals surface area contributed by atoms with Gasteiger partial charge in [0, 0.05) is 61.9 Å². The van der Waals surface area contributed by atoms with E-state index in [0.29, 0.717) is 35.8 Å². The number of rotatable bonds is 9. The summed E-state index contributed by atoms with van der Waals surface area (Å²) < 4.78 is 26.4. The number of anilines is 1. The van der Waals surface area contributed by atoms with Gasteiger partial charge in [0.25, 0.3) is 5.91 Å². The molecule has 1 aliphatic heterocycles. The van der Waals surface area contributed by atoms with Crippen LogP contribution in [0.2, 0.25) is 0 Å². The van der Waals surface area contributed by atoms with Crippen molar-refractivity contribution in [2.45, 2.75) is 19.1 Å². The number of amides is 1. The van der Waals surface area contributed by atoms with Crippen LogP contribution in [0.5, 0.6) is 11.6 Å². The minimum absolute atomic E-state index is 0.151. The number of nitrogens with zero attached hydrogens (tertiary/aromatic N) is 3.